The fraction of sp³-hybridized carbons (Fsp3) is 0.222. The average Bonchev–Trinajstić information content (AvgIpc) is 2.67. The Morgan fingerprint density at radius 2 is 1.86 bits per heavy atom. The van der Waals surface area contributed by atoms with Gasteiger partial charge in [-0.15, -0.1) is 0 Å². The highest BCUT2D eigenvalue weighted by atomic mass is 19.3. The highest BCUT2D eigenvalue weighted by Gasteiger charge is 2.21. The minimum atomic E-state index is -3.07. The van der Waals surface area contributed by atoms with Gasteiger partial charge in [0.25, 0.3) is 11.6 Å². The number of amides is 1. The van der Waals surface area contributed by atoms with Crippen molar-refractivity contribution in [1.29, 1.82) is 0 Å². The van der Waals surface area contributed by atoms with Crippen LogP contribution in [0.3, 0.4) is 0 Å². The molecule has 0 aliphatic rings. The fourth-order valence-corrected chi connectivity index (χ4v) is 2.21. The Morgan fingerprint density at radius 3 is 2.48 bits per heavy atom. The van der Waals surface area contributed by atoms with E-state index < -0.39 is 29.5 Å². The number of methoxy groups -OCH3 is 1. The van der Waals surface area contributed by atoms with Crippen molar-refractivity contribution in [2.75, 3.05) is 12.4 Å². The van der Waals surface area contributed by atoms with Crippen LogP contribution >= 0.6 is 0 Å². The zero-order chi connectivity index (χ0) is 21.6. The molecule has 1 atom stereocenters. The number of nitrogens with one attached hydrogen (secondary N) is 1. The maximum atomic E-state index is 12.4. The second kappa shape index (κ2) is 9.44. The molecular weight excluding hydrogens is 394 g/mol. The van der Waals surface area contributed by atoms with Crippen molar-refractivity contribution in [1.82, 2.24) is 0 Å². The van der Waals surface area contributed by atoms with E-state index in [1.807, 2.05) is 0 Å². The summed E-state index contributed by atoms with van der Waals surface area (Å²) >= 11 is 0. The van der Waals surface area contributed by atoms with E-state index in [0.29, 0.717) is 0 Å². The molecule has 0 saturated carbocycles. The maximum Gasteiger partial charge on any atom is 0.387 e. The molecule has 9 nitrogen and oxygen atoms in total. The van der Waals surface area contributed by atoms with E-state index in [-0.39, 0.29) is 28.4 Å². The third-order valence-corrected chi connectivity index (χ3v) is 3.59. The summed E-state index contributed by atoms with van der Waals surface area (Å²) in [7, 11) is 1.21. The minimum Gasteiger partial charge on any atom is -0.493 e. The van der Waals surface area contributed by atoms with Gasteiger partial charge in [-0.1, -0.05) is 6.07 Å². The predicted octanol–water partition coefficient (Wildman–Crippen LogP) is 3.39. The third-order valence-electron chi connectivity index (χ3n) is 3.59. The molecule has 0 aromatic heterocycles. The van der Waals surface area contributed by atoms with Crippen molar-refractivity contribution in [3.63, 3.8) is 0 Å². The number of esters is 1. The third kappa shape index (κ3) is 5.86. The van der Waals surface area contributed by atoms with Crippen LogP contribution in [0.2, 0.25) is 0 Å². The summed E-state index contributed by atoms with van der Waals surface area (Å²) in [6.45, 7) is -1.77. The molecule has 0 heterocycles. The molecular formula is C18H16F2N2O7. The van der Waals surface area contributed by atoms with E-state index in [1.165, 1.54) is 38.3 Å². The molecule has 0 radical (unpaired) electrons. The number of hydrogen-bond acceptors (Lipinski definition) is 7. The van der Waals surface area contributed by atoms with Gasteiger partial charge in [-0.2, -0.15) is 8.78 Å². The largest absolute Gasteiger partial charge is 0.493 e. The lowest BCUT2D eigenvalue weighted by atomic mass is 10.2. The minimum absolute atomic E-state index is 0.0570. The number of carbonyl (C=O) groups is 2. The number of carbonyl (C=O) groups excluding carboxylic acids is 2. The summed E-state index contributed by atoms with van der Waals surface area (Å²) in [6.07, 6.45) is -1.25. The van der Waals surface area contributed by atoms with Gasteiger partial charge in [0.15, 0.2) is 17.6 Å². The van der Waals surface area contributed by atoms with Gasteiger partial charge in [0.1, 0.15) is 0 Å². The second-order valence-corrected chi connectivity index (χ2v) is 5.59. The maximum absolute atomic E-state index is 12.4. The molecule has 29 heavy (non-hydrogen) atoms. The molecule has 2 aromatic rings. The van der Waals surface area contributed by atoms with Crippen molar-refractivity contribution in [3.05, 3.63) is 58.1 Å². The first-order valence-electron chi connectivity index (χ1n) is 8.10. The molecule has 2 aromatic carbocycles. The van der Waals surface area contributed by atoms with E-state index >= 15 is 0 Å². The zero-order valence-electron chi connectivity index (χ0n) is 15.3. The van der Waals surface area contributed by atoms with E-state index in [0.717, 1.165) is 18.2 Å². The van der Waals surface area contributed by atoms with E-state index in [2.05, 4.69) is 10.1 Å². The summed E-state index contributed by atoms with van der Waals surface area (Å²) in [6, 6.07) is 8.65. The number of nitrogens with zero attached hydrogens (tertiary/aromatic N) is 1. The Hall–Kier alpha value is -3.76. The van der Waals surface area contributed by atoms with Crippen molar-refractivity contribution < 1.29 is 37.5 Å². The van der Waals surface area contributed by atoms with Crippen LogP contribution in [0, 0.1) is 10.1 Å². The Morgan fingerprint density at radius 1 is 1.14 bits per heavy atom. The molecule has 0 aliphatic heterocycles. The zero-order valence-corrected chi connectivity index (χ0v) is 15.3. The van der Waals surface area contributed by atoms with Crippen LogP contribution in [-0.2, 0) is 9.53 Å². The number of nitro benzene ring substituents is 1. The Balaban J connectivity index is 2.05. The Labute approximate surface area is 163 Å². The van der Waals surface area contributed by atoms with Gasteiger partial charge in [0.2, 0.25) is 0 Å². The number of rotatable bonds is 8. The molecule has 1 amide bonds. The average molecular weight is 410 g/mol. The van der Waals surface area contributed by atoms with E-state index in [1.54, 1.807) is 0 Å². The number of hydrogen-bond donors (Lipinski definition) is 1. The molecule has 1 N–H and O–H groups in total. The molecule has 11 heteroatoms. The van der Waals surface area contributed by atoms with Crippen LogP contribution in [-0.4, -0.2) is 36.6 Å². The molecule has 0 spiro atoms. The summed E-state index contributed by atoms with van der Waals surface area (Å²) in [5.74, 6) is -2.01. The number of ether oxygens (including phenoxy) is 3. The quantitative estimate of drug-likeness (QED) is 0.403. The standard InChI is InChI=1S/C18H16F2N2O7/c1-10(16(23)21-12-4-3-5-13(9-12)22(25)26)28-17(24)11-6-7-14(29-18(19)20)15(8-11)27-2/h3-10,18H,1-2H3,(H,21,23)/t10-/m1/s1. The summed E-state index contributed by atoms with van der Waals surface area (Å²) in [5.41, 5.74) is -0.119. The van der Waals surface area contributed by atoms with Crippen LogP contribution in [0.1, 0.15) is 17.3 Å². The number of alkyl halides is 2. The van der Waals surface area contributed by atoms with Crippen LogP contribution in [0.5, 0.6) is 11.5 Å². The van der Waals surface area contributed by atoms with Crippen molar-refractivity contribution >= 4 is 23.3 Å². The number of non-ortho nitro benzene ring substituents is 1. The van der Waals surface area contributed by atoms with Gasteiger partial charge in [-0.25, -0.2) is 4.79 Å². The lowest BCUT2D eigenvalue weighted by Gasteiger charge is -2.15. The number of anilines is 1. The van der Waals surface area contributed by atoms with E-state index in [9.17, 15) is 28.5 Å². The molecule has 0 bridgehead atoms. The lowest BCUT2D eigenvalue weighted by Crippen LogP contribution is -2.30. The number of benzene rings is 2. The second-order valence-electron chi connectivity index (χ2n) is 5.59. The molecule has 2 rings (SSSR count). The number of halogens is 2. The fourth-order valence-electron chi connectivity index (χ4n) is 2.21. The first-order valence-corrected chi connectivity index (χ1v) is 8.10. The monoisotopic (exact) mass is 410 g/mol. The van der Waals surface area contributed by atoms with Crippen LogP contribution < -0.4 is 14.8 Å². The van der Waals surface area contributed by atoms with Gasteiger partial charge >= 0.3 is 12.6 Å². The molecule has 0 saturated heterocycles. The number of nitro groups is 1. The molecule has 154 valence electrons. The molecule has 0 unspecified atom stereocenters. The first kappa shape index (κ1) is 21.5. The smallest absolute Gasteiger partial charge is 0.387 e. The van der Waals surface area contributed by atoms with Gasteiger partial charge in [0, 0.05) is 17.8 Å². The summed E-state index contributed by atoms with van der Waals surface area (Å²) < 4.78 is 38.9. The van der Waals surface area contributed by atoms with Crippen LogP contribution in [0.15, 0.2) is 42.5 Å². The van der Waals surface area contributed by atoms with E-state index in [4.69, 9.17) is 9.47 Å². The Bertz CT molecular complexity index is 921. The van der Waals surface area contributed by atoms with Crippen LogP contribution in [0.4, 0.5) is 20.2 Å². The molecule has 0 aliphatic carbocycles. The van der Waals surface area contributed by atoms with Gasteiger partial charge < -0.3 is 19.5 Å². The van der Waals surface area contributed by atoms with Gasteiger partial charge in [0.05, 0.1) is 17.6 Å². The Kier molecular flexibility index (Phi) is 7.01. The normalized spacial score (nSPS) is 11.5. The van der Waals surface area contributed by atoms with Gasteiger partial charge in [-0.05, 0) is 31.2 Å². The summed E-state index contributed by atoms with van der Waals surface area (Å²) in [4.78, 5) is 34.5. The van der Waals surface area contributed by atoms with Crippen LogP contribution in [0.25, 0.3) is 0 Å². The van der Waals surface area contributed by atoms with Crippen molar-refractivity contribution in [2.45, 2.75) is 19.6 Å². The van der Waals surface area contributed by atoms with Crippen molar-refractivity contribution in [3.8, 4) is 11.5 Å². The predicted molar refractivity (Wildman–Crippen MR) is 96.2 cm³/mol. The van der Waals surface area contributed by atoms with Crippen molar-refractivity contribution in [2.24, 2.45) is 0 Å². The van der Waals surface area contributed by atoms with Gasteiger partial charge in [-0.3, -0.25) is 14.9 Å². The highest BCUT2D eigenvalue weighted by molar-refractivity contribution is 5.97. The lowest BCUT2D eigenvalue weighted by molar-refractivity contribution is -0.384. The SMILES string of the molecule is COc1cc(C(=O)O[C@H](C)C(=O)Nc2cccc([N+](=O)[O-])c2)ccc1OC(F)F. The molecule has 0 fully saturated rings. The summed E-state index contributed by atoms with van der Waals surface area (Å²) in [5, 5.41) is 13.2. The first-order chi connectivity index (χ1) is 13.7. The highest BCUT2D eigenvalue weighted by Crippen LogP contribution is 2.29. The topological polar surface area (TPSA) is 117 Å².